The van der Waals surface area contributed by atoms with Crippen LogP contribution in [-0.4, -0.2) is 36.9 Å². The predicted molar refractivity (Wildman–Crippen MR) is 103 cm³/mol. The highest BCUT2D eigenvalue weighted by Crippen LogP contribution is 2.33. The van der Waals surface area contributed by atoms with Gasteiger partial charge in [-0.05, 0) is 43.2 Å². The zero-order valence-corrected chi connectivity index (χ0v) is 15.2. The summed E-state index contributed by atoms with van der Waals surface area (Å²) in [6.45, 7) is 1.31. The SMILES string of the molecule is O=C(c1cnc2c(c1)ncn2Cc1ccccn1)N1CCCC1c1ccco1. The fourth-order valence-electron chi connectivity index (χ4n) is 3.80. The third kappa shape index (κ3) is 2.94. The summed E-state index contributed by atoms with van der Waals surface area (Å²) < 4.78 is 7.47. The Kier molecular flexibility index (Phi) is 4.12. The molecule has 1 atom stereocenters. The summed E-state index contributed by atoms with van der Waals surface area (Å²) in [4.78, 5) is 28.3. The van der Waals surface area contributed by atoms with Crippen LogP contribution in [0.1, 0.15) is 40.7 Å². The van der Waals surface area contributed by atoms with Crippen molar-refractivity contribution in [3.8, 4) is 0 Å². The fraction of sp³-hybridized carbons (Fsp3) is 0.238. The Morgan fingerprint density at radius 3 is 2.96 bits per heavy atom. The molecule has 4 aromatic rings. The van der Waals surface area contributed by atoms with Gasteiger partial charge in [0.1, 0.15) is 11.3 Å². The second kappa shape index (κ2) is 6.92. The highest BCUT2D eigenvalue weighted by molar-refractivity contribution is 5.96. The Bertz CT molecular complexity index is 1100. The Morgan fingerprint density at radius 1 is 1.18 bits per heavy atom. The number of carbonyl (C=O) groups excluding carboxylic acids is 1. The second-order valence-electron chi connectivity index (χ2n) is 6.93. The molecule has 7 heteroatoms. The first-order chi connectivity index (χ1) is 13.8. The summed E-state index contributed by atoms with van der Waals surface area (Å²) in [6, 6.07) is 11.4. The molecular weight excluding hydrogens is 354 g/mol. The van der Waals surface area contributed by atoms with Crippen molar-refractivity contribution in [2.75, 3.05) is 6.54 Å². The summed E-state index contributed by atoms with van der Waals surface area (Å²) in [5.41, 5.74) is 2.93. The second-order valence-corrected chi connectivity index (χ2v) is 6.93. The molecule has 1 unspecified atom stereocenters. The Hall–Kier alpha value is -3.48. The molecule has 1 aliphatic heterocycles. The molecule has 0 bridgehead atoms. The number of imidazole rings is 1. The van der Waals surface area contributed by atoms with E-state index in [1.807, 2.05) is 45.9 Å². The van der Waals surface area contributed by atoms with Gasteiger partial charge in [0.15, 0.2) is 5.65 Å². The van der Waals surface area contributed by atoms with Crippen LogP contribution in [-0.2, 0) is 6.54 Å². The number of hydrogen-bond donors (Lipinski definition) is 0. The number of pyridine rings is 2. The van der Waals surface area contributed by atoms with Gasteiger partial charge in [0, 0.05) is 18.9 Å². The van der Waals surface area contributed by atoms with Crippen LogP contribution in [0.15, 0.2) is 65.8 Å². The number of likely N-dealkylation sites (tertiary alicyclic amines) is 1. The number of carbonyl (C=O) groups is 1. The standard InChI is InChI=1S/C21H19N5O2/c27-21(26-9-3-6-18(26)19-7-4-10-28-19)15-11-17-20(23-12-15)25(14-24-17)13-16-5-1-2-8-22-16/h1-2,4-5,7-8,10-12,14,18H,3,6,9,13H2. The summed E-state index contributed by atoms with van der Waals surface area (Å²) in [7, 11) is 0. The van der Waals surface area contributed by atoms with Gasteiger partial charge in [0.2, 0.25) is 0 Å². The lowest BCUT2D eigenvalue weighted by molar-refractivity contribution is 0.0719. The third-order valence-electron chi connectivity index (χ3n) is 5.15. The van der Waals surface area contributed by atoms with Gasteiger partial charge in [0.05, 0.1) is 36.4 Å². The Labute approximate surface area is 161 Å². The number of furan rings is 1. The Morgan fingerprint density at radius 2 is 2.14 bits per heavy atom. The molecule has 7 nitrogen and oxygen atoms in total. The van der Waals surface area contributed by atoms with Crippen molar-refractivity contribution >= 4 is 17.1 Å². The van der Waals surface area contributed by atoms with Gasteiger partial charge in [-0.3, -0.25) is 9.78 Å². The van der Waals surface area contributed by atoms with E-state index in [4.69, 9.17) is 4.42 Å². The van der Waals surface area contributed by atoms with E-state index in [9.17, 15) is 4.79 Å². The van der Waals surface area contributed by atoms with Gasteiger partial charge in [0.25, 0.3) is 5.91 Å². The predicted octanol–water partition coefficient (Wildman–Crippen LogP) is 3.44. The molecule has 0 saturated carbocycles. The average molecular weight is 373 g/mol. The minimum Gasteiger partial charge on any atom is -0.467 e. The molecule has 0 aliphatic carbocycles. The molecule has 140 valence electrons. The van der Waals surface area contributed by atoms with Crippen molar-refractivity contribution in [3.05, 3.63) is 78.4 Å². The maximum absolute atomic E-state index is 13.1. The van der Waals surface area contributed by atoms with Gasteiger partial charge in [-0.2, -0.15) is 0 Å². The molecule has 1 amide bonds. The lowest BCUT2D eigenvalue weighted by atomic mass is 10.1. The monoisotopic (exact) mass is 373 g/mol. The molecular formula is C21H19N5O2. The fourth-order valence-corrected chi connectivity index (χ4v) is 3.80. The maximum Gasteiger partial charge on any atom is 0.256 e. The molecule has 1 aliphatic rings. The quantitative estimate of drug-likeness (QED) is 0.548. The van der Waals surface area contributed by atoms with E-state index in [0.717, 1.165) is 36.5 Å². The lowest BCUT2D eigenvalue weighted by Crippen LogP contribution is -2.30. The van der Waals surface area contributed by atoms with Crippen LogP contribution in [0.4, 0.5) is 0 Å². The van der Waals surface area contributed by atoms with Crippen LogP contribution in [0.25, 0.3) is 11.2 Å². The number of amides is 1. The maximum atomic E-state index is 13.1. The van der Waals surface area contributed by atoms with Crippen molar-refractivity contribution in [1.82, 2.24) is 24.4 Å². The third-order valence-corrected chi connectivity index (χ3v) is 5.15. The largest absolute Gasteiger partial charge is 0.467 e. The van der Waals surface area contributed by atoms with E-state index in [0.29, 0.717) is 17.6 Å². The van der Waals surface area contributed by atoms with E-state index in [-0.39, 0.29) is 11.9 Å². The minimum atomic E-state index is -0.0347. The average Bonchev–Trinajstić information content (AvgIpc) is 3.48. The first-order valence-corrected chi connectivity index (χ1v) is 9.35. The van der Waals surface area contributed by atoms with Gasteiger partial charge in [-0.15, -0.1) is 0 Å². The summed E-state index contributed by atoms with van der Waals surface area (Å²) in [5, 5.41) is 0. The first-order valence-electron chi connectivity index (χ1n) is 9.35. The minimum absolute atomic E-state index is 0.0140. The molecule has 5 heterocycles. The highest BCUT2D eigenvalue weighted by atomic mass is 16.3. The zero-order chi connectivity index (χ0) is 18.9. The molecule has 1 fully saturated rings. The van der Waals surface area contributed by atoms with Crippen LogP contribution in [0.5, 0.6) is 0 Å². The van der Waals surface area contributed by atoms with E-state index >= 15 is 0 Å². The summed E-state index contributed by atoms with van der Waals surface area (Å²) in [6.07, 6.45) is 8.67. The van der Waals surface area contributed by atoms with Crippen LogP contribution in [0.3, 0.4) is 0 Å². The van der Waals surface area contributed by atoms with Gasteiger partial charge in [-0.1, -0.05) is 6.07 Å². The van der Waals surface area contributed by atoms with Crippen LogP contribution >= 0.6 is 0 Å². The zero-order valence-electron chi connectivity index (χ0n) is 15.2. The van der Waals surface area contributed by atoms with Gasteiger partial charge in [-0.25, -0.2) is 9.97 Å². The highest BCUT2D eigenvalue weighted by Gasteiger charge is 2.32. The van der Waals surface area contributed by atoms with Crippen molar-refractivity contribution in [2.24, 2.45) is 0 Å². The normalized spacial score (nSPS) is 16.7. The van der Waals surface area contributed by atoms with Crippen molar-refractivity contribution in [3.63, 3.8) is 0 Å². The first kappa shape index (κ1) is 16.7. The summed E-state index contributed by atoms with van der Waals surface area (Å²) in [5.74, 6) is 0.798. The molecule has 28 heavy (non-hydrogen) atoms. The summed E-state index contributed by atoms with van der Waals surface area (Å²) >= 11 is 0. The smallest absolute Gasteiger partial charge is 0.256 e. The van der Waals surface area contributed by atoms with E-state index in [2.05, 4.69) is 15.0 Å². The van der Waals surface area contributed by atoms with E-state index in [1.54, 1.807) is 25.0 Å². The van der Waals surface area contributed by atoms with Gasteiger partial charge >= 0.3 is 0 Å². The molecule has 5 rings (SSSR count). The van der Waals surface area contributed by atoms with E-state index < -0.39 is 0 Å². The number of fused-ring (bicyclic) bond motifs is 1. The lowest BCUT2D eigenvalue weighted by Gasteiger charge is -2.23. The van der Waals surface area contributed by atoms with Crippen LogP contribution in [0.2, 0.25) is 0 Å². The number of hydrogen-bond acceptors (Lipinski definition) is 5. The van der Waals surface area contributed by atoms with Crippen LogP contribution < -0.4 is 0 Å². The number of nitrogens with zero attached hydrogens (tertiary/aromatic N) is 5. The Balaban J connectivity index is 1.41. The molecule has 0 spiro atoms. The van der Waals surface area contributed by atoms with Crippen molar-refractivity contribution < 1.29 is 9.21 Å². The molecule has 1 saturated heterocycles. The molecule has 0 N–H and O–H groups in total. The number of aromatic nitrogens is 4. The van der Waals surface area contributed by atoms with E-state index in [1.165, 1.54) is 0 Å². The molecule has 0 aromatic carbocycles. The molecule has 4 aromatic heterocycles. The van der Waals surface area contributed by atoms with Gasteiger partial charge < -0.3 is 13.9 Å². The van der Waals surface area contributed by atoms with Crippen molar-refractivity contribution in [1.29, 1.82) is 0 Å². The topological polar surface area (TPSA) is 77.1 Å². The van der Waals surface area contributed by atoms with Crippen molar-refractivity contribution in [2.45, 2.75) is 25.4 Å². The molecule has 0 radical (unpaired) electrons. The van der Waals surface area contributed by atoms with Crippen LogP contribution in [0, 0.1) is 0 Å². The number of rotatable bonds is 4.